The van der Waals surface area contributed by atoms with E-state index in [0.29, 0.717) is 12.4 Å². The van der Waals surface area contributed by atoms with Crippen LogP contribution >= 0.6 is 0 Å². The van der Waals surface area contributed by atoms with Crippen LogP contribution in [0.3, 0.4) is 0 Å². The van der Waals surface area contributed by atoms with Crippen LogP contribution in [0.25, 0.3) is 0 Å². The highest BCUT2D eigenvalue weighted by Gasteiger charge is 2.30. The van der Waals surface area contributed by atoms with Crippen LogP contribution in [0.1, 0.15) is 48.5 Å². The fraction of sp³-hybridized carbons (Fsp3) is 0.857. The molecule has 0 fully saturated rings. The van der Waals surface area contributed by atoms with E-state index in [1.807, 2.05) is 20.8 Å². The Hall–Kier alpha value is -0.330. The van der Waals surface area contributed by atoms with Crippen LogP contribution in [-0.2, 0) is 15.5 Å². The topological polar surface area (TPSA) is 26.3 Å². The Morgan fingerprint density at radius 1 is 1.18 bits per heavy atom. The molecule has 0 saturated heterocycles. The van der Waals surface area contributed by atoms with Crippen molar-refractivity contribution < 1.29 is 8.95 Å². The highest BCUT2D eigenvalue weighted by Crippen LogP contribution is 2.25. The highest BCUT2D eigenvalue weighted by atomic mass is 32.2. The van der Waals surface area contributed by atoms with Gasteiger partial charge in [0.2, 0.25) is 0 Å². The molecule has 0 aliphatic rings. The highest BCUT2D eigenvalue weighted by molar-refractivity contribution is 7.86. The monoisotopic (exact) mass is 258 g/mol. The molecular formula is C14H26O2S. The minimum atomic E-state index is -0.892. The lowest BCUT2D eigenvalue weighted by Gasteiger charge is -2.32. The number of rotatable bonds is 4. The maximum absolute atomic E-state index is 12.1. The van der Waals surface area contributed by atoms with Crippen molar-refractivity contribution in [3.8, 4) is 11.8 Å². The van der Waals surface area contributed by atoms with E-state index in [9.17, 15) is 4.21 Å². The van der Waals surface area contributed by atoms with Crippen LogP contribution in [0, 0.1) is 17.3 Å². The molecule has 0 amide bonds. The molecule has 100 valence electrons. The molecule has 0 saturated carbocycles. The van der Waals surface area contributed by atoms with Crippen molar-refractivity contribution >= 4 is 10.8 Å². The first-order valence-electron chi connectivity index (χ1n) is 5.98. The summed E-state index contributed by atoms with van der Waals surface area (Å²) in [6, 6.07) is 0. The van der Waals surface area contributed by atoms with E-state index in [1.54, 1.807) is 6.92 Å². The van der Waals surface area contributed by atoms with E-state index < -0.39 is 10.8 Å². The van der Waals surface area contributed by atoms with Gasteiger partial charge in [-0.3, -0.25) is 4.21 Å². The van der Waals surface area contributed by atoms with Gasteiger partial charge >= 0.3 is 0 Å². The summed E-state index contributed by atoms with van der Waals surface area (Å²) in [5.74, 6) is 6.27. The van der Waals surface area contributed by atoms with Crippen molar-refractivity contribution in [2.45, 2.75) is 59.3 Å². The zero-order valence-electron chi connectivity index (χ0n) is 12.2. The first-order valence-corrected chi connectivity index (χ1v) is 7.30. The number of ether oxygens (including phenoxy) is 1. The molecule has 0 rings (SSSR count). The van der Waals surface area contributed by atoms with E-state index >= 15 is 0 Å². The van der Waals surface area contributed by atoms with Crippen molar-refractivity contribution in [3.05, 3.63) is 0 Å². The second kappa shape index (κ2) is 6.56. The minimum Gasteiger partial charge on any atom is -0.364 e. The van der Waals surface area contributed by atoms with E-state index in [2.05, 4.69) is 32.6 Å². The molecule has 0 aromatic rings. The van der Waals surface area contributed by atoms with Gasteiger partial charge in [0.1, 0.15) is 6.61 Å². The molecule has 0 aromatic heterocycles. The van der Waals surface area contributed by atoms with Gasteiger partial charge < -0.3 is 4.74 Å². The molecule has 17 heavy (non-hydrogen) atoms. The van der Waals surface area contributed by atoms with Crippen molar-refractivity contribution in [3.63, 3.8) is 0 Å². The second-order valence-corrected chi connectivity index (χ2v) is 8.47. The molecule has 3 heteroatoms. The van der Waals surface area contributed by atoms with Gasteiger partial charge in [-0.1, -0.05) is 26.7 Å². The van der Waals surface area contributed by atoms with Gasteiger partial charge in [0, 0.05) is 15.5 Å². The van der Waals surface area contributed by atoms with Crippen LogP contribution in [0.4, 0.5) is 0 Å². The lowest BCUT2D eigenvalue weighted by molar-refractivity contribution is 0.0159. The molecule has 2 atom stereocenters. The standard InChI is InChI=1S/C14H26O2S/c1-8-9-10-16-12(13(2,3)4)11-17(15)14(5,6)7/h12H,10-11H2,1-7H3/t12-,17?/m0/s1. The summed E-state index contributed by atoms with van der Waals surface area (Å²) in [4.78, 5) is 0. The lowest BCUT2D eigenvalue weighted by Crippen LogP contribution is -2.38. The third-order valence-corrected chi connectivity index (χ3v) is 4.46. The zero-order chi connectivity index (χ0) is 13.7. The predicted octanol–water partition coefficient (Wildman–Crippen LogP) is 2.99. The second-order valence-electron chi connectivity index (χ2n) is 6.22. The van der Waals surface area contributed by atoms with Gasteiger partial charge in [-0.25, -0.2) is 0 Å². The van der Waals surface area contributed by atoms with Crippen molar-refractivity contribution in [2.75, 3.05) is 12.4 Å². The van der Waals surface area contributed by atoms with E-state index in [0.717, 1.165) is 0 Å². The molecule has 0 aliphatic heterocycles. The molecule has 0 heterocycles. The van der Waals surface area contributed by atoms with Gasteiger partial charge in [-0.05, 0) is 33.1 Å². The van der Waals surface area contributed by atoms with Crippen LogP contribution in [-0.4, -0.2) is 27.4 Å². The van der Waals surface area contributed by atoms with Gasteiger partial charge in [-0.15, -0.1) is 5.92 Å². The van der Waals surface area contributed by atoms with Gasteiger partial charge in [0.25, 0.3) is 0 Å². The Morgan fingerprint density at radius 2 is 1.71 bits per heavy atom. The summed E-state index contributed by atoms with van der Waals surface area (Å²) >= 11 is 0. The fourth-order valence-electron chi connectivity index (χ4n) is 1.15. The average molecular weight is 258 g/mol. The quantitative estimate of drug-likeness (QED) is 0.725. The molecular weight excluding hydrogens is 232 g/mol. The largest absolute Gasteiger partial charge is 0.364 e. The molecule has 0 spiro atoms. The maximum atomic E-state index is 12.1. The molecule has 0 radical (unpaired) electrons. The van der Waals surface area contributed by atoms with Crippen molar-refractivity contribution in [2.24, 2.45) is 5.41 Å². The van der Waals surface area contributed by atoms with Crippen LogP contribution in [0.15, 0.2) is 0 Å². The van der Waals surface area contributed by atoms with E-state index in [4.69, 9.17) is 4.74 Å². The minimum absolute atomic E-state index is 0.0175. The van der Waals surface area contributed by atoms with Gasteiger partial charge in [0.15, 0.2) is 0 Å². The van der Waals surface area contributed by atoms with Gasteiger partial charge in [-0.2, -0.15) is 0 Å². The van der Waals surface area contributed by atoms with E-state index in [-0.39, 0.29) is 16.3 Å². The Labute approximate surface area is 109 Å². The van der Waals surface area contributed by atoms with Crippen LogP contribution in [0.5, 0.6) is 0 Å². The Kier molecular flexibility index (Phi) is 6.43. The SMILES string of the molecule is CC#CCO[C@@H](CS(=O)C(C)(C)C)C(C)(C)C. The first kappa shape index (κ1) is 16.7. The first-order chi connectivity index (χ1) is 7.59. The Morgan fingerprint density at radius 3 is 2.06 bits per heavy atom. The molecule has 0 bridgehead atoms. The summed E-state index contributed by atoms with van der Waals surface area (Å²) in [5.41, 5.74) is -0.0175. The smallest absolute Gasteiger partial charge is 0.108 e. The van der Waals surface area contributed by atoms with Crippen molar-refractivity contribution in [1.82, 2.24) is 0 Å². The Balaban J connectivity index is 4.60. The predicted molar refractivity (Wildman–Crippen MR) is 75.4 cm³/mol. The summed E-state index contributed by atoms with van der Waals surface area (Å²) in [5, 5.41) is 0. The van der Waals surface area contributed by atoms with Crippen LogP contribution < -0.4 is 0 Å². The molecule has 0 N–H and O–H groups in total. The number of hydrogen-bond donors (Lipinski definition) is 0. The van der Waals surface area contributed by atoms with E-state index in [1.165, 1.54) is 0 Å². The summed E-state index contributed by atoms with van der Waals surface area (Å²) < 4.78 is 17.7. The third kappa shape index (κ3) is 6.85. The molecule has 1 unspecified atom stereocenters. The summed E-state index contributed by atoms with van der Waals surface area (Å²) in [7, 11) is -0.892. The normalized spacial score (nSPS) is 15.9. The molecule has 0 aliphatic carbocycles. The summed E-state index contributed by atoms with van der Waals surface area (Å²) in [6.45, 7) is 14.5. The average Bonchev–Trinajstić information content (AvgIpc) is 2.13. The maximum Gasteiger partial charge on any atom is 0.108 e. The Bertz CT molecular complexity index is 310. The van der Waals surface area contributed by atoms with Crippen molar-refractivity contribution in [1.29, 1.82) is 0 Å². The molecule has 2 nitrogen and oxygen atoms in total. The molecule has 0 aromatic carbocycles. The fourth-order valence-corrected chi connectivity index (χ4v) is 2.52. The summed E-state index contributed by atoms with van der Waals surface area (Å²) in [6.07, 6.45) is -0.0246. The third-order valence-electron chi connectivity index (χ3n) is 2.49. The van der Waals surface area contributed by atoms with Gasteiger partial charge in [0.05, 0.1) is 11.9 Å². The van der Waals surface area contributed by atoms with Crippen LogP contribution in [0.2, 0.25) is 0 Å². The lowest BCUT2D eigenvalue weighted by atomic mass is 9.90. The number of hydrogen-bond acceptors (Lipinski definition) is 2. The zero-order valence-corrected chi connectivity index (χ0v) is 13.0.